The van der Waals surface area contributed by atoms with Crippen molar-refractivity contribution in [2.75, 3.05) is 38.3 Å². The highest BCUT2D eigenvalue weighted by atomic mass is 32.2. The number of nitrogens with two attached hydrogens (primary N) is 1. The summed E-state index contributed by atoms with van der Waals surface area (Å²) in [4.78, 5) is 46.8. The average Bonchev–Trinajstić information content (AvgIpc) is 3.06. The Morgan fingerprint density at radius 3 is 2.76 bits per heavy atom. The highest BCUT2D eigenvalue weighted by Gasteiger charge is 2.33. The van der Waals surface area contributed by atoms with Crippen molar-refractivity contribution >= 4 is 57.7 Å². The number of carbonyl (C=O) groups excluding carboxylic acids is 2. The first-order chi connectivity index (χ1) is 15.8. The lowest BCUT2D eigenvalue weighted by Crippen LogP contribution is -2.40. The Hall–Kier alpha value is -2.76. The van der Waals surface area contributed by atoms with E-state index >= 15 is 0 Å². The number of primary amides is 1. The standard InChI is InChI=1S/C22H25N5O4S2/c1-13-4-3-7-26-18(13)24-19(25-8-5-14(6-9-25)17(23)28)15(20(26)29)12-16-21(30)27(10-11-31-2)22(32)33-16/h3-4,7,12,14H,5-6,8-11H2,1-2H3,(H2,23,28). The van der Waals surface area contributed by atoms with Gasteiger partial charge in [0.05, 0.1) is 23.6 Å². The molecule has 2 amide bonds. The molecule has 2 aromatic heterocycles. The molecular weight excluding hydrogens is 462 g/mol. The monoisotopic (exact) mass is 487 g/mol. The number of amides is 2. The van der Waals surface area contributed by atoms with Gasteiger partial charge >= 0.3 is 0 Å². The van der Waals surface area contributed by atoms with Gasteiger partial charge in [0.25, 0.3) is 11.5 Å². The Morgan fingerprint density at radius 2 is 2.09 bits per heavy atom. The predicted octanol–water partition coefficient (Wildman–Crippen LogP) is 1.55. The van der Waals surface area contributed by atoms with Crippen molar-refractivity contribution in [3.63, 3.8) is 0 Å². The molecule has 0 aromatic carbocycles. The second-order valence-electron chi connectivity index (χ2n) is 8.03. The van der Waals surface area contributed by atoms with E-state index in [1.807, 2.05) is 17.9 Å². The van der Waals surface area contributed by atoms with E-state index in [1.165, 1.54) is 9.30 Å². The fourth-order valence-corrected chi connectivity index (χ4v) is 5.34. The molecule has 2 fully saturated rings. The summed E-state index contributed by atoms with van der Waals surface area (Å²) < 4.78 is 6.99. The van der Waals surface area contributed by atoms with Gasteiger partial charge in [0.15, 0.2) is 0 Å². The number of carbonyl (C=O) groups is 2. The molecule has 33 heavy (non-hydrogen) atoms. The minimum atomic E-state index is -0.308. The SMILES string of the molecule is COCCN1C(=O)C(=Cc2c(N3CCC(C(N)=O)CC3)nc3c(C)cccn3c2=O)SC1=S. The smallest absolute Gasteiger partial charge is 0.267 e. The summed E-state index contributed by atoms with van der Waals surface area (Å²) in [7, 11) is 1.56. The number of pyridine rings is 1. The van der Waals surface area contributed by atoms with Gasteiger partial charge < -0.3 is 15.4 Å². The van der Waals surface area contributed by atoms with Gasteiger partial charge in [-0.15, -0.1) is 0 Å². The van der Waals surface area contributed by atoms with Crippen LogP contribution in [-0.4, -0.2) is 63.8 Å². The van der Waals surface area contributed by atoms with Crippen LogP contribution in [0.3, 0.4) is 0 Å². The van der Waals surface area contributed by atoms with Crippen LogP contribution in [0, 0.1) is 12.8 Å². The zero-order valence-corrected chi connectivity index (χ0v) is 20.1. The molecule has 2 aliphatic heterocycles. The maximum atomic E-state index is 13.5. The third kappa shape index (κ3) is 4.53. The first-order valence-corrected chi connectivity index (χ1v) is 11.8. The topological polar surface area (TPSA) is 110 Å². The second kappa shape index (κ2) is 9.62. The average molecular weight is 488 g/mol. The molecule has 0 spiro atoms. The van der Waals surface area contributed by atoms with Gasteiger partial charge in [0.1, 0.15) is 15.8 Å². The Kier molecular flexibility index (Phi) is 6.82. The van der Waals surface area contributed by atoms with E-state index in [0.29, 0.717) is 65.3 Å². The largest absolute Gasteiger partial charge is 0.383 e. The van der Waals surface area contributed by atoms with Gasteiger partial charge in [0, 0.05) is 32.3 Å². The lowest BCUT2D eigenvalue weighted by molar-refractivity contribution is -0.123. The summed E-state index contributed by atoms with van der Waals surface area (Å²) >= 11 is 6.53. The van der Waals surface area contributed by atoms with Crippen molar-refractivity contribution in [1.82, 2.24) is 14.3 Å². The summed E-state index contributed by atoms with van der Waals surface area (Å²) in [5.74, 6) is -0.254. The number of aryl methyl sites for hydroxylation is 1. The molecule has 2 aromatic rings. The molecule has 4 rings (SSSR count). The van der Waals surface area contributed by atoms with Crippen molar-refractivity contribution in [2.24, 2.45) is 11.7 Å². The van der Waals surface area contributed by atoms with Gasteiger partial charge in [-0.1, -0.05) is 30.0 Å². The number of ether oxygens (including phenoxy) is 1. The van der Waals surface area contributed by atoms with Crippen LogP contribution in [0.4, 0.5) is 5.82 Å². The summed E-state index contributed by atoms with van der Waals surface area (Å²) in [5.41, 5.74) is 6.96. The van der Waals surface area contributed by atoms with Gasteiger partial charge in [0.2, 0.25) is 5.91 Å². The minimum Gasteiger partial charge on any atom is -0.383 e. The van der Waals surface area contributed by atoms with Crippen LogP contribution < -0.4 is 16.2 Å². The molecule has 174 valence electrons. The fourth-order valence-electron chi connectivity index (χ4n) is 4.05. The van der Waals surface area contributed by atoms with Crippen LogP contribution in [0.15, 0.2) is 28.0 Å². The fraction of sp³-hybridized carbons (Fsp3) is 0.409. The number of hydrogen-bond donors (Lipinski definition) is 1. The van der Waals surface area contributed by atoms with Crippen LogP contribution >= 0.6 is 24.0 Å². The maximum absolute atomic E-state index is 13.5. The third-order valence-electron chi connectivity index (χ3n) is 5.93. The van der Waals surface area contributed by atoms with Gasteiger partial charge in [-0.25, -0.2) is 4.98 Å². The maximum Gasteiger partial charge on any atom is 0.267 e. The summed E-state index contributed by atoms with van der Waals surface area (Å²) in [6, 6.07) is 3.68. The normalized spacial score (nSPS) is 18.7. The molecule has 0 bridgehead atoms. The summed E-state index contributed by atoms with van der Waals surface area (Å²) in [6.45, 7) is 3.68. The van der Waals surface area contributed by atoms with Crippen molar-refractivity contribution in [3.8, 4) is 0 Å². The number of piperidine rings is 1. The zero-order valence-electron chi connectivity index (χ0n) is 18.4. The minimum absolute atomic E-state index is 0.190. The quantitative estimate of drug-likeness (QED) is 0.483. The number of nitrogens with zero attached hydrogens (tertiary/aromatic N) is 4. The molecule has 11 heteroatoms. The number of rotatable bonds is 6. The van der Waals surface area contributed by atoms with Crippen molar-refractivity contribution in [1.29, 1.82) is 0 Å². The Bertz CT molecular complexity index is 1220. The van der Waals surface area contributed by atoms with E-state index in [4.69, 9.17) is 27.7 Å². The molecule has 4 heterocycles. The second-order valence-corrected chi connectivity index (χ2v) is 9.70. The molecule has 0 radical (unpaired) electrons. The summed E-state index contributed by atoms with van der Waals surface area (Å²) in [5, 5.41) is 0. The molecule has 0 saturated carbocycles. The Balaban J connectivity index is 1.79. The van der Waals surface area contributed by atoms with E-state index in [9.17, 15) is 14.4 Å². The molecule has 2 saturated heterocycles. The molecule has 0 unspecified atom stereocenters. The first kappa shape index (κ1) is 23.4. The van der Waals surface area contributed by atoms with Crippen molar-refractivity contribution < 1.29 is 14.3 Å². The number of methoxy groups -OCH3 is 1. The number of hydrogen-bond acceptors (Lipinski definition) is 8. The lowest BCUT2D eigenvalue weighted by atomic mass is 9.96. The first-order valence-electron chi connectivity index (χ1n) is 10.6. The van der Waals surface area contributed by atoms with Crippen LogP contribution in [-0.2, 0) is 14.3 Å². The Labute approximate surface area is 200 Å². The highest BCUT2D eigenvalue weighted by Crippen LogP contribution is 2.34. The van der Waals surface area contributed by atoms with E-state index in [2.05, 4.69) is 0 Å². The van der Waals surface area contributed by atoms with Crippen LogP contribution in [0.1, 0.15) is 24.0 Å². The molecular formula is C22H25N5O4S2. The third-order valence-corrected chi connectivity index (χ3v) is 7.31. The predicted molar refractivity (Wildman–Crippen MR) is 132 cm³/mol. The number of aromatic nitrogens is 2. The number of fused-ring (bicyclic) bond motifs is 1. The van der Waals surface area contributed by atoms with E-state index in [0.717, 1.165) is 17.3 Å². The number of thioether (sulfide) groups is 1. The highest BCUT2D eigenvalue weighted by molar-refractivity contribution is 8.26. The molecule has 0 atom stereocenters. The van der Waals surface area contributed by atoms with Gasteiger partial charge in [-0.2, -0.15) is 0 Å². The molecule has 2 N–H and O–H groups in total. The lowest BCUT2D eigenvalue weighted by Gasteiger charge is -2.32. The molecule has 9 nitrogen and oxygen atoms in total. The van der Waals surface area contributed by atoms with Gasteiger partial charge in [-0.05, 0) is 37.5 Å². The van der Waals surface area contributed by atoms with E-state index in [1.54, 1.807) is 25.4 Å². The Morgan fingerprint density at radius 1 is 1.36 bits per heavy atom. The van der Waals surface area contributed by atoms with Crippen molar-refractivity contribution in [3.05, 3.63) is 44.7 Å². The van der Waals surface area contributed by atoms with Crippen LogP contribution in [0.5, 0.6) is 0 Å². The van der Waals surface area contributed by atoms with Crippen LogP contribution in [0.2, 0.25) is 0 Å². The molecule has 0 aliphatic carbocycles. The van der Waals surface area contributed by atoms with Gasteiger partial charge in [-0.3, -0.25) is 23.7 Å². The van der Waals surface area contributed by atoms with Crippen LogP contribution in [0.25, 0.3) is 11.7 Å². The number of anilines is 1. The van der Waals surface area contributed by atoms with E-state index < -0.39 is 0 Å². The zero-order chi connectivity index (χ0) is 23.7. The van der Waals surface area contributed by atoms with Crippen molar-refractivity contribution in [2.45, 2.75) is 19.8 Å². The number of thiocarbonyl (C=S) groups is 1. The molecule has 2 aliphatic rings. The summed E-state index contributed by atoms with van der Waals surface area (Å²) in [6.07, 6.45) is 4.43. The van der Waals surface area contributed by atoms with E-state index in [-0.39, 0.29) is 23.3 Å².